The summed E-state index contributed by atoms with van der Waals surface area (Å²) in [6.45, 7) is 7.45. The van der Waals surface area contributed by atoms with Crippen LogP contribution in [0, 0.1) is 23.7 Å². The second-order valence-corrected chi connectivity index (χ2v) is 14.3. The second-order valence-electron chi connectivity index (χ2n) is 14.3. The van der Waals surface area contributed by atoms with Crippen molar-refractivity contribution in [1.29, 1.82) is 0 Å². The van der Waals surface area contributed by atoms with E-state index in [-0.39, 0.29) is 17.4 Å². The molecule has 0 bridgehead atoms. The maximum atomic E-state index is 11.0. The number of aromatic nitrogens is 5. The van der Waals surface area contributed by atoms with Gasteiger partial charge in [-0.05, 0) is 85.5 Å². The van der Waals surface area contributed by atoms with Gasteiger partial charge in [0.1, 0.15) is 29.7 Å². The smallest absolute Gasteiger partial charge is 0.145 e. The molecule has 1 aromatic carbocycles. The number of hydrogen-bond acceptors (Lipinski definition) is 7. The number of aryl methyl sites for hydroxylation is 1. The summed E-state index contributed by atoms with van der Waals surface area (Å²) in [6, 6.07) is 8.78. The Morgan fingerprint density at radius 3 is 2.64 bits per heavy atom. The highest BCUT2D eigenvalue weighted by molar-refractivity contribution is 5.86. The van der Waals surface area contributed by atoms with Gasteiger partial charge in [0.05, 0.1) is 28.6 Å². The highest BCUT2D eigenvalue weighted by Gasteiger charge is 2.45. The third kappa shape index (κ3) is 5.20. The van der Waals surface area contributed by atoms with E-state index in [2.05, 4.69) is 59.2 Å². The molecule has 6 N–H and O–H groups in total. The summed E-state index contributed by atoms with van der Waals surface area (Å²) in [6.07, 6.45) is 9.73. The normalized spacial score (nSPS) is 28.9. The number of aliphatic hydroxyl groups is 2. The lowest BCUT2D eigenvalue weighted by Gasteiger charge is -2.42. The topological polar surface area (TPSA) is 138 Å². The Morgan fingerprint density at radius 1 is 1.07 bits per heavy atom. The van der Waals surface area contributed by atoms with Gasteiger partial charge in [-0.3, -0.25) is 0 Å². The van der Waals surface area contributed by atoms with Crippen LogP contribution in [0.5, 0.6) is 0 Å². The number of H-pyrrole nitrogens is 1. The van der Waals surface area contributed by atoms with Crippen LogP contribution in [0.25, 0.3) is 22.1 Å². The van der Waals surface area contributed by atoms with E-state index < -0.39 is 12.2 Å². The Hall–Kier alpha value is -3.01. The van der Waals surface area contributed by atoms with Crippen molar-refractivity contribution < 1.29 is 10.2 Å². The molecule has 5 atom stereocenters. The first-order valence-corrected chi connectivity index (χ1v) is 15.8. The van der Waals surface area contributed by atoms with Crippen LogP contribution in [-0.2, 0) is 11.8 Å². The number of anilines is 1. The van der Waals surface area contributed by atoms with E-state index in [1.54, 1.807) is 0 Å². The first kappa shape index (κ1) is 27.8. The maximum Gasteiger partial charge on any atom is 0.145 e. The van der Waals surface area contributed by atoms with Crippen LogP contribution in [0.4, 0.5) is 5.82 Å². The summed E-state index contributed by atoms with van der Waals surface area (Å²) in [7, 11) is 0. The molecule has 0 saturated heterocycles. The van der Waals surface area contributed by atoms with Gasteiger partial charge >= 0.3 is 0 Å². The number of aromatic amines is 1. The van der Waals surface area contributed by atoms with Gasteiger partial charge in [0.15, 0.2) is 0 Å². The van der Waals surface area contributed by atoms with Gasteiger partial charge in [0.2, 0.25) is 0 Å². The van der Waals surface area contributed by atoms with Crippen molar-refractivity contribution in [3.05, 3.63) is 48.2 Å². The summed E-state index contributed by atoms with van der Waals surface area (Å²) in [5, 5.41) is 26.6. The summed E-state index contributed by atoms with van der Waals surface area (Å²) in [5.74, 6) is 3.71. The third-order valence-electron chi connectivity index (χ3n) is 10.4. The molecule has 3 aromatic heterocycles. The fraction of sp³-hybridized carbons (Fsp3) is 0.606. The third-order valence-corrected chi connectivity index (χ3v) is 10.4. The molecule has 0 amide bonds. The number of fused-ring (bicyclic) bond motifs is 2. The number of imidazole rings is 1. The number of nitrogens with zero attached hydrogens (tertiary/aromatic N) is 4. The Morgan fingerprint density at radius 2 is 1.88 bits per heavy atom. The minimum Gasteiger partial charge on any atom is -0.390 e. The van der Waals surface area contributed by atoms with Crippen molar-refractivity contribution in [2.24, 2.45) is 23.7 Å². The highest BCUT2D eigenvalue weighted by atomic mass is 16.3. The molecule has 3 aliphatic rings. The Balaban J connectivity index is 0.928. The Bertz CT molecular complexity index is 1560. The molecular formula is C33H45N7O2. The Labute approximate surface area is 247 Å². The van der Waals surface area contributed by atoms with Gasteiger partial charge < -0.3 is 30.8 Å². The predicted octanol–water partition coefficient (Wildman–Crippen LogP) is 4.50. The molecule has 3 fully saturated rings. The summed E-state index contributed by atoms with van der Waals surface area (Å²) in [5.41, 5.74) is 10.4. The average Bonchev–Trinajstić information content (AvgIpc) is 3.44. The number of nitrogens with one attached hydrogen (secondary N) is 2. The molecule has 3 saturated carbocycles. The fourth-order valence-electron chi connectivity index (χ4n) is 7.60. The molecule has 224 valence electrons. The highest BCUT2D eigenvalue weighted by Crippen LogP contribution is 2.47. The molecule has 0 radical (unpaired) electrons. The van der Waals surface area contributed by atoms with Crippen LogP contribution in [0.15, 0.2) is 36.8 Å². The van der Waals surface area contributed by atoms with Crippen LogP contribution in [-0.4, -0.2) is 59.5 Å². The lowest BCUT2D eigenvalue weighted by Crippen LogP contribution is -2.47. The fourth-order valence-corrected chi connectivity index (χ4v) is 7.60. The summed E-state index contributed by atoms with van der Waals surface area (Å²) < 4.78 is 1.96. The van der Waals surface area contributed by atoms with Crippen molar-refractivity contribution in [3.8, 4) is 0 Å². The van der Waals surface area contributed by atoms with Crippen LogP contribution >= 0.6 is 0 Å². The van der Waals surface area contributed by atoms with E-state index in [0.29, 0.717) is 29.8 Å². The van der Waals surface area contributed by atoms with E-state index in [1.807, 2.05) is 16.8 Å². The van der Waals surface area contributed by atoms with Gasteiger partial charge in [-0.15, -0.1) is 0 Å². The molecule has 7 rings (SSSR count). The molecule has 9 nitrogen and oxygen atoms in total. The van der Waals surface area contributed by atoms with Crippen molar-refractivity contribution in [3.63, 3.8) is 0 Å². The van der Waals surface area contributed by atoms with Crippen LogP contribution in [0.2, 0.25) is 0 Å². The molecule has 0 spiro atoms. The minimum absolute atomic E-state index is 0.00867. The van der Waals surface area contributed by atoms with E-state index in [0.717, 1.165) is 47.0 Å². The van der Waals surface area contributed by atoms with Crippen molar-refractivity contribution in [1.82, 2.24) is 29.8 Å². The van der Waals surface area contributed by atoms with Gasteiger partial charge in [0, 0.05) is 31.1 Å². The van der Waals surface area contributed by atoms with Gasteiger partial charge in [-0.2, -0.15) is 0 Å². The van der Waals surface area contributed by atoms with E-state index in [4.69, 9.17) is 10.7 Å². The predicted molar refractivity (Wildman–Crippen MR) is 165 cm³/mol. The van der Waals surface area contributed by atoms with E-state index in [9.17, 15) is 10.2 Å². The zero-order chi connectivity index (χ0) is 29.2. The second kappa shape index (κ2) is 10.6. The molecule has 9 heteroatoms. The van der Waals surface area contributed by atoms with Crippen molar-refractivity contribution in [2.75, 3.05) is 12.3 Å². The zero-order valence-electron chi connectivity index (χ0n) is 25.0. The van der Waals surface area contributed by atoms with E-state index >= 15 is 0 Å². The number of hydrogen-bond donors (Lipinski definition) is 5. The molecule has 0 aliphatic heterocycles. The largest absolute Gasteiger partial charge is 0.390 e. The number of benzene rings is 1. The minimum atomic E-state index is -0.839. The maximum absolute atomic E-state index is 11.0. The number of nitrogens with two attached hydrogens (primary N) is 1. The van der Waals surface area contributed by atoms with Gasteiger partial charge in [-0.25, -0.2) is 15.0 Å². The summed E-state index contributed by atoms with van der Waals surface area (Å²) in [4.78, 5) is 16.9. The van der Waals surface area contributed by atoms with Crippen LogP contribution in [0.1, 0.15) is 76.7 Å². The van der Waals surface area contributed by atoms with Gasteiger partial charge in [0.25, 0.3) is 0 Å². The molecule has 3 aliphatic carbocycles. The first-order chi connectivity index (χ1) is 20.2. The quantitative estimate of drug-likeness (QED) is 0.199. The molecule has 42 heavy (non-hydrogen) atoms. The standard InChI is InChI=1S/C33H45N7O2/c1-33(2,3)22-7-8-24-25(15-22)39-27(38-24)9-4-18-12-20(13-18)28(19-5-6-19)35-16-21-14-26(30(42)29(21)41)40-11-10-23-31(34)36-17-37-32(23)40/h7-8,10-11,15,17-21,26,28-30,35,41-42H,4-6,9,12-14,16H2,1-3H3,(H,38,39)(H2,34,36,37)/t18-,20-,21-,26-,28?,29-,30+/m1/s1. The van der Waals surface area contributed by atoms with Crippen molar-refractivity contribution >= 4 is 27.9 Å². The molecule has 1 unspecified atom stereocenters. The van der Waals surface area contributed by atoms with Gasteiger partial charge in [-0.1, -0.05) is 26.8 Å². The zero-order valence-corrected chi connectivity index (χ0v) is 25.0. The SMILES string of the molecule is CC(C)(C)c1ccc2[nH]c(CC[C@H]3C[C@H](C(NC[C@H]4C[C@@H](n5ccc6c(N)ncnc65)[C@H](O)[C@@H]4O)C4CC4)C3)nc2c1. The lowest BCUT2D eigenvalue weighted by molar-refractivity contribution is 0.00524. The van der Waals surface area contributed by atoms with Crippen LogP contribution < -0.4 is 11.1 Å². The van der Waals surface area contributed by atoms with E-state index in [1.165, 1.54) is 44.0 Å². The molecule has 3 heterocycles. The van der Waals surface area contributed by atoms with Crippen molar-refractivity contribution in [2.45, 2.75) is 95.4 Å². The molecule has 4 aromatic rings. The monoisotopic (exact) mass is 571 g/mol. The Kier molecular flexibility index (Phi) is 7.02. The average molecular weight is 572 g/mol. The lowest BCUT2D eigenvalue weighted by atomic mass is 9.68. The number of aliphatic hydroxyl groups excluding tert-OH is 2. The van der Waals surface area contributed by atoms with Crippen LogP contribution in [0.3, 0.4) is 0 Å². The number of rotatable bonds is 9. The summed E-state index contributed by atoms with van der Waals surface area (Å²) >= 11 is 0. The first-order valence-electron chi connectivity index (χ1n) is 15.8. The molecular weight excluding hydrogens is 526 g/mol. The number of nitrogen functional groups attached to an aromatic ring is 1.